The van der Waals surface area contributed by atoms with Crippen molar-refractivity contribution >= 4 is 21.6 Å². The highest BCUT2D eigenvalue weighted by Gasteiger charge is 2.26. The summed E-state index contributed by atoms with van der Waals surface area (Å²) in [6, 6.07) is 16.2. The number of amides is 1. The number of para-hydroxylation sites is 3. The maximum Gasteiger partial charge on any atom is 0.232 e. The van der Waals surface area contributed by atoms with Crippen LogP contribution in [0.15, 0.2) is 54.6 Å². The number of rotatable bonds is 8. The highest BCUT2D eigenvalue weighted by Crippen LogP contribution is 2.33. The Hall–Kier alpha value is -2.54. The monoisotopic (exact) mass is 388 g/mol. The van der Waals surface area contributed by atoms with Gasteiger partial charge in [-0.25, -0.2) is 8.42 Å². The lowest BCUT2D eigenvalue weighted by molar-refractivity contribution is -0.127. The van der Waals surface area contributed by atoms with E-state index in [9.17, 15) is 13.2 Å². The zero-order chi connectivity index (χ0) is 19.3. The van der Waals surface area contributed by atoms with Gasteiger partial charge in [-0.3, -0.25) is 9.10 Å². The van der Waals surface area contributed by atoms with Crippen LogP contribution >= 0.6 is 0 Å². The Bertz CT molecular complexity index is 880. The average molecular weight is 388 g/mol. The number of hydrogen-bond donors (Lipinski definition) is 1. The van der Waals surface area contributed by atoms with Crippen LogP contribution in [0.1, 0.15) is 19.3 Å². The molecule has 1 aliphatic carbocycles. The third-order valence-electron chi connectivity index (χ3n) is 4.60. The lowest BCUT2D eigenvalue weighted by Crippen LogP contribution is -2.41. The summed E-state index contributed by atoms with van der Waals surface area (Å²) in [6.07, 6.45) is 4.06. The second-order valence-electron chi connectivity index (χ2n) is 6.64. The standard InChI is InChI=1S/C20H24N2O4S/c1-27(24,25)22(15-14-21-20(23)16-8-7-9-16)18-12-5-6-13-19(18)26-17-10-3-2-4-11-17/h2-6,10-13,16H,7-9,14-15H2,1H3,(H,21,23). The van der Waals surface area contributed by atoms with Crippen LogP contribution in [0.3, 0.4) is 0 Å². The summed E-state index contributed by atoms with van der Waals surface area (Å²) in [4.78, 5) is 12.0. The molecule has 6 nitrogen and oxygen atoms in total. The number of carbonyl (C=O) groups is 1. The zero-order valence-electron chi connectivity index (χ0n) is 15.3. The maximum absolute atomic E-state index is 12.4. The van der Waals surface area contributed by atoms with Crippen LogP contribution < -0.4 is 14.4 Å². The molecule has 3 rings (SSSR count). The third kappa shape index (κ3) is 5.01. The predicted molar refractivity (Wildman–Crippen MR) is 105 cm³/mol. The summed E-state index contributed by atoms with van der Waals surface area (Å²) in [6.45, 7) is 0.397. The van der Waals surface area contributed by atoms with Crippen LogP contribution in [0.5, 0.6) is 11.5 Å². The molecule has 1 saturated carbocycles. The van der Waals surface area contributed by atoms with Gasteiger partial charge < -0.3 is 10.1 Å². The lowest BCUT2D eigenvalue weighted by atomic mass is 9.85. The van der Waals surface area contributed by atoms with Gasteiger partial charge in [0.1, 0.15) is 5.75 Å². The van der Waals surface area contributed by atoms with E-state index >= 15 is 0 Å². The summed E-state index contributed by atoms with van der Waals surface area (Å²) in [5, 5.41) is 2.84. The van der Waals surface area contributed by atoms with Crippen LogP contribution in [-0.2, 0) is 14.8 Å². The Morgan fingerprint density at radius 1 is 1.11 bits per heavy atom. The van der Waals surface area contributed by atoms with Gasteiger partial charge in [-0.2, -0.15) is 0 Å². The van der Waals surface area contributed by atoms with Gasteiger partial charge in [-0.15, -0.1) is 0 Å². The van der Waals surface area contributed by atoms with Gasteiger partial charge in [0, 0.05) is 12.5 Å². The molecule has 0 unspecified atom stereocenters. The van der Waals surface area contributed by atoms with E-state index in [2.05, 4.69) is 5.32 Å². The van der Waals surface area contributed by atoms with Crippen molar-refractivity contribution in [3.8, 4) is 11.5 Å². The molecule has 0 aromatic heterocycles. The molecule has 7 heteroatoms. The molecular formula is C20H24N2O4S. The molecule has 27 heavy (non-hydrogen) atoms. The molecule has 144 valence electrons. The number of benzene rings is 2. The summed E-state index contributed by atoms with van der Waals surface area (Å²) < 4.78 is 31.9. The Kier molecular flexibility index (Phi) is 6.01. The van der Waals surface area contributed by atoms with Gasteiger partial charge in [-0.05, 0) is 37.1 Å². The lowest BCUT2D eigenvalue weighted by Gasteiger charge is -2.27. The highest BCUT2D eigenvalue weighted by molar-refractivity contribution is 7.92. The van der Waals surface area contributed by atoms with Crippen molar-refractivity contribution in [1.82, 2.24) is 5.32 Å². The minimum absolute atomic E-state index is 0.00326. The van der Waals surface area contributed by atoms with E-state index in [-0.39, 0.29) is 24.9 Å². The number of nitrogens with zero attached hydrogens (tertiary/aromatic N) is 1. The molecule has 0 radical (unpaired) electrons. The van der Waals surface area contributed by atoms with Gasteiger partial charge >= 0.3 is 0 Å². The second kappa shape index (κ2) is 8.43. The Morgan fingerprint density at radius 2 is 1.78 bits per heavy atom. The molecule has 1 N–H and O–H groups in total. The predicted octanol–water partition coefficient (Wildman–Crippen LogP) is 3.16. The fraction of sp³-hybridized carbons (Fsp3) is 0.350. The molecule has 0 heterocycles. The van der Waals surface area contributed by atoms with Crippen molar-refractivity contribution < 1.29 is 17.9 Å². The number of hydrogen-bond acceptors (Lipinski definition) is 4. The van der Waals surface area contributed by atoms with Crippen LogP contribution in [-0.4, -0.2) is 33.7 Å². The molecule has 2 aromatic rings. The van der Waals surface area contributed by atoms with Crippen LogP contribution in [0, 0.1) is 5.92 Å². The van der Waals surface area contributed by atoms with Crippen molar-refractivity contribution in [1.29, 1.82) is 0 Å². The zero-order valence-corrected chi connectivity index (χ0v) is 16.1. The van der Waals surface area contributed by atoms with Gasteiger partial charge in [0.25, 0.3) is 0 Å². The topological polar surface area (TPSA) is 75.7 Å². The smallest absolute Gasteiger partial charge is 0.232 e. The van der Waals surface area contributed by atoms with Crippen molar-refractivity contribution in [3.05, 3.63) is 54.6 Å². The van der Waals surface area contributed by atoms with Crippen molar-refractivity contribution in [2.75, 3.05) is 23.7 Å². The van der Waals surface area contributed by atoms with Crippen molar-refractivity contribution in [2.24, 2.45) is 5.92 Å². The van der Waals surface area contributed by atoms with Crippen molar-refractivity contribution in [3.63, 3.8) is 0 Å². The van der Waals surface area contributed by atoms with Gasteiger partial charge in [-0.1, -0.05) is 36.8 Å². The first-order chi connectivity index (χ1) is 12.9. The molecule has 1 aliphatic rings. The Morgan fingerprint density at radius 3 is 2.41 bits per heavy atom. The first-order valence-corrected chi connectivity index (χ1v) is 10.9. The number of carbonyl (C=O) groups excluding carboxylic acids is 1. The fourth-order valence-electron chi connectivity index (χ4n) is 2.93. The first-order valence-electron chi connectivity index (χ1n) is 9.02. The van der Waals surface area contributed by atoms with Crippen LogP contribution in [0.2, 0.25) is 0 Å². The Balaban J connectivity index is 1.75. The molecule has 0 spiro atoms. The summed E-state index contributed by atoms with van der Waals surface area (Å²) in [5.41, 5.74) is 0.446. The maximum atomic E-state index is 12.4. The minimum Gasteiger partial charge on any atom is -0.455 e. The van der Waals surface area contributed by atoms with E-state index < -0.39 is 10.0 Å². The fourth-order valence-corrected chi connectivity index (χ4v) is 3.86. The number of nitrogens with one attached hydrogen (secondary N) is 1. The molecular weight excluding hydrogens is 364 g/mol. The molecule has 1 amide bonds. The average Bonchev–Trinajstić information content (AvgIpc) is 2.58. The summed E-state index contributed by atoms with van der Waals surface area (Å²) in [7, 11) is -3.54. The Labute approximate surface area is 160 Å². The van der Waals surface area contributed by atoms with E-state index in [1.165, 1.54) is 4.31 Å². The number of sulfonamides is 1. The molecule has 0 saturated heterocycles. The molecule has 0 bridgehead atoms. The van der Waals surface area contributed by atoms with E-state index in [1.54, 1.807) is 36.4 Å². The van der Waals surface area contributed by atoms with Gasteiger partial charge in [0.15, 0.2) is 5.75 Å². The third-order valence-corrected chi connectivity index (χ3v) is 5.78. The van der Waals surface area contributed by atoms with E-state index in [1.807, 2.05) is 18.2 Å². The SMILES string of the molecule is CS(=O)(=O)N(CCNC(=O)C1CCC1)c1ccccc1Oc1ccccc1. The van der Waals surface area contributed by atoms with Crippen LogP contribution in [0.25, 0.3) is 0 Å². The molecule has 0 aliphatic heterocycles. The van der Waals surface area contributed by atoms with Crippen molar-refractivity contribution in [2.45, 2.75) is 19.3 Å². The van der Waals surface area contributed by atoms with Gasteiger partial charge in [0.05, 0.1) is 18.5 Å². The number of anilines is 1. The summed E-state index contributed by atoms with van der Waals surface area (Å²) in [5.74, 6) is 1.14. The normalized spacial score (nSPS) is 14.3. The van der Waals surface area contributed by atoms with E-state index in [4.69, 9.17) is 4.74 Å². The van der Waals surface area contributed by atoms with Crippen LogP contribution in [0.4, 0.5) is 5.69 Å². The minimum atomic E-state index is -3.54. The molecule has 0 atom stereocenters. The quantitative estimate of drug-likeness (QED) is 0.754. The van der Waals surface area contributed by atoms with Gasteiger partial charge in [0.2, 0.25) is 15.9 Å². The molecule has 2 aromatic carbocycles. The molecule has 1 fully saturated rings. The van der Waals surface area contributed by atoms with E-state index in [0.717, 1.165) is 25.5 Å². The largest absolute Gasteiger partial charge is 0.455 e. The first kappa shape index (κ1) is 19.2. The second-order valence-corrected chi connectivity index (χ2v) is 8.54. The summed E-state index contributed by atoms with van der Waals surface area (Å²) >= 11 is 0. The number of ether oxygens (including phenoxy) is 1. The highest BCUT2D eigenvalue weighted by atomic mass is 32.2. The van der Waals surface area contributed by atoms with E-state index in [0.29, 0.717) is 17.2 Å².